The Morgan fingerprint density at radius 2 is 2.35 bits per heavy atom. The highest BCUT2D eigenvalue weighted by atomic mass is 32.1. The van der Waals surface area contributed by atoms with Crippen LogP contribution in [-0.4, -0.2) is 27.8 Å². The third-order valence-electron chi connectivity index (χ3n) is 2.00. The van der Waals surface area contributed by atoms with Gasteiger partial charge >= 0.3 is 5.97 Å². The van der Waals surface area contributed by atoms with E-state index in [1.807, 2.05) is 13.1 Å². The van der Waals surface area contributed by atoms with E-state index in [1.54, 1.807) is 23.2 Å². The lowest BCUT2D eigenvalue weighted by Gasteiger charge is -1.91. The van der Waals surface area contributed by atoms with Crippen molar-refractivity contribution in [3.8, 4) is 5.13 Å². The Kier molecular flexibility index (Phi) is 3.34. The molecule has 0 radical (unpaired) electrons. The fraction of sp³-hybridized carbons (Fsp3) is 0.182. The molecule has 0 fully saturated rings. The van der Waals surface area contributed by atoms with Gasteiger partial charge in [0.1, 0.15) is 0 Å². The van der Waals surface area contributed by atoms with Crippen molar-refractivity contribution < 1.29 is 9.53 Å². The van der Waals surface area contributed by atoms with Gasteiger partial charge in [-0.3, -0.25) is 0 Å². The lowest BCUT2D eigenvalue weighted by atomic mass is 10.4. The molecule has 0 aliphatic rings. The van der Waals surface area contributed by atoms with Crippen LogP contribution in [0.2, 0.25) is 0 Å². The van der Waals surface area contributed by atoms with Gasteiger partial charge < -0.3 is 4.74 Å². The molecule has 0 atom stereocenters. The molecule has 2 aromatic heterocycles. The van der Waals surface area contributed by atoms with Crippen LogP contribution in [0.1, 0.15) is 10.4 Å². The SMILES string of the molecule is COC(=O)/C=C/c1cnc(-n2cc(C)cn2)s1. The van der Waals surface area contributed by atoms with Gasteiger partial charge in [-0.25, -0.2) is 14.5 Å². The highest BCUT2D eigenvalue weighted by molar-refractivity contribution is 7.14. The van der Waals surface area contributed by atoms with E-state index in [-0.39, 0.29) is 5.97 Å². The van der Waals surface area contributed by atoms with Crippen LogP contribution < -0.4 is 0 Å². The summed E-state index contributed by atoms with van der Waals surface area (Å²) >= 11 is 1.45. The highest BCUT2D eigenvalue weighted by Crippen LogP contribution is 2.18. The zero-order valence-electron chi connectivity index (χ0n) is 9.45. The summed E-state index contributed by atoms with van der Waals surface area (Å²) in [7, 11) is 1.34. The molecule has 17 heavy (non-hydrogen) atoms. The summed E-state index contributed by atoms with van der Waals surface area (Å²) in [6.45, 7) is 1.97. The molecule has 0 spiro atoms. The van der Waals surface area contributed by atoms with E-state index >= 15 is 0 Å². The van der Waals surface area contributed by atoms with Gasteiger partial charge in [0.05, 0.1) is 13.3 Å². The van der Waals surface area contributed by atoms with Crippen molar-refractivity contribution in [1.29, 1.82) is 0 Å². The molecule has 0 amide bonds. The van der Waals surface area contributed by atoms with E-state index in [0.717, 1.165) is 15.6 Å². The normalized spacial score (nSPS) is 10.9. The minimum Gasteiger partial charge on any atom is -0.466 e. The molecule has 0 N–H and O–H groups in total. The third-order valence-corrected chi connectivity index (χ3v) is 2.96. The Labute approximate surface area is 102 Å². The second-order valence-electron chi connectivity index (χ2n) is 3.36. The Hall–Kier alpha value is -1.95. The molecule has 2 aromatic rings. The van der Waals surface area contributed by atoms with Crippen LogP contribution in [0.25, 0.3) is 11.2 Å². The molecular weight excluding hydrogens is 238 g/mol. The number of aryl methyl sites for hydroxylation is 1. The predicted molar refractivity (Wildman–Crippen MR) is 65.0 cm³/mol. The molecule has 0 saturated carbocycles. The standard InChI is InChI=1S/C11H11N3O2S/c1-8-5-13-14(7-8)11-12-6-9(17-11)3-4-10(15)16-2/h3-7H,1-2H3/b4-3+. The first-order valence-corrected chi connectivity index (χ1v) is 5.74. The maximum absolute atomic E-state index is 10.9. The van der Waals surface area contributed by atoms with E-state index in [2.05, 4.69) is 14.8 Å². The monoisotopic (exact) mass is 249 g/mol. The Balaban J connectivity index is 2.16. The lowest BCUT2D eigenvalue weighted by Crippen LogP contribution is -1.92. The molecular formula is C11H11N3O2S. The summed E-state index contributed by atoms with van der Waals surface area (Å²) in [6, 6.07) is 0. The summed E-state index contributed by atoms with van der Waals surface area (Å²) in [6.07, 6.45) is 8.39. The van der Waals surface area contributed by atoms with Crippen LogP contribution in [0.4, 0.5) is 0 Å². The molecule has 0 unspecified atom stereocenters. The van der Waals surface area contributed by atoms with Gasteiger partial charge in [-0.15, -0.1) is 0 Å². The summed E-state index contributed by atoms with van der Waals surface area (Å²) in [5, 5.41) is 4.93. The molecule has 0 bridgehead atoms. The van der Waals surface area contributed by atoms with E-state index in [9.17, 15) is 4.79 Å². The molecule has 0 aromatic carbocycles. The number of carbonyl (C=O) groups excluding carboxylic acids is 1. The van der Waals surface area contributed by atoms with Gasteiger partial charge in [0.25, 0.3) is 0 Å². The van der Waals surface area contributed by atoms with Crippen molar-refractivity contribution in [2.45, 2.75) is 6.92 Å². The van der Waals surface area contributed by atoms with E-state index in [4.69, 9.17) is 0 Å². The Morgan fingerprint density at radius 3 is 3.00 bits per heavy atom. The molecule has 2 heterocycles. The van der Waals surface area contributed by atoms with Crippen molar-refractivity contribution in [2.24, 2.45) is 0 Å². The third kappa shape index (κ3) is 2.79. The molecule has 0 aliphatic heterocycles. The van der Waals surface area contributed by atoms with E-state index < -0.39 is 0 Å². The van der Waals surface area contributed by atoms with Gasteiger partial charge in [-0.05, 0) is 18.6 Å². The number of ether oxygens (including phenoxy) is 1. The summed E-state index contributed by atoms with van der Waals surface area (Å²) in [4.78, 5) is 16.0. The number of carbonyl (C=O) groups is 1. The average Bonchev–Trinajstić information content (AvgIpc) is 2.94. The fourth-order valence-electron chi connectivity index (χ4n) is 1.20. The molecule has 0 aliphatic carbocycles. The largest absolute Gasteiger partial charge is 0.466 e. The van der Waals surface area contributed by atoms with Crippen molar-refractivity contribution in [1.82, 2.24) is 14.8 Å². The molecule has 5 nitrogen and oxygen atoms in total. The van der Waals surface area contributed by atoms with Gasteiger partial charge in [-0.1, -0.05) is 11.3 Å². The zero-order chi connectivity index (χ0) is 12.3. The highest BCUT2D eigenvalue weighted by Gasteiger charge is 2.03. The molecule has 6 heteroatoms. The fourth-order valence-corrected chi connectivity index (χ4v) is 1.95. The number of thiazole rings is 1. The van der Waals surface area contributed by atoms with Crippen molar-refractivity contribution in [2.75, 3.05) is 7.11 Å². The van der Waals surface area contributed by atoms with Crippen LogP contribution in [0.3, 0.4) is 0 Å². The maximum atomic E-state index is 10.9. The number of aromatic nitrogens is 3. The Bertz CT molecular complexity index is 557. The average molecular weight is 249 g/mol. The first kappa shape index (κ1) is 11.5. The molecule has 88 valence electrons. The Morgan fingerprint density at radius 1 is 1.53 bits per heavy atom. The van der Waals surface area contributed by atoms with Crippen molar-refractivity contribution >= 4 is 23.4 Å². The number of hydrogen-bond acceptors (Lipinski definition) is 5. The minimum absolute atomic E-state index is 0.380. The van der Waals surface area contributed by atoms with Crippen LogP contribution in [-0.2, 0) is 9.53 Å². The second kappa shape index (κ2) is 4.92. The quantitative estimate of drug-likeness (QED) is 0.615. The first-order valence-electron chi connectivity index (χ1n) is 4.92. The first-order chi connectivity index (χ1) is 8.19. The smallest absolute Gasteiger partial charge is 0.330 e. The van der Waals surface area contributed by atoms with Gasteiger partial charge in [0.2, 0.25) is 5.13 Å². The lowest BCUT2D eigenvalue weighted by molar-refractivity contribution is -0.134. The summed E-state index contributed by atoms with van der Waals surface area (Å²) < 4.78 is 6.21. The van der Waals surface area contributed by atoms with Crippen LogP contribution >= 0.6 is 11.3 Å². The van der Waals surface area contributed by atoms with Crippen molar-refractivity contribution in [3.05, 3.63) is 35.1 Å². The molecule has 2 rings (SSSR count). The maximum Gasteiger partial charge on any atom is 0.330 e. The predicted octanol–water partition coefficient (Wildman–Crippen LogP) is 1.82. The van der Waals surface area contributed by atoms with Crippen molar-refractivity contribution in [3.63, 3.8) is 0 Å². The van der Waals surface area contributed by atoms with Crippen LogP contribution in [0.5, 0.6) is 0 Å². The van der Waals surface area contributed by atoms with Gasteiger partial charge in [0.15, 0.2) is 0 Å². The number of hydrogen-bond donors (Lipinski definition) is 0. The topological polar surface area (TPSA) is 57.0 Å². The molecule has 0 saturated heterocycles. The number of nitrogens with zero attached hydrogens (tertiary/aromatic N) is 3. The van der Waals surface area contributed by atoms with Crippen LogP contribution in [0, 0.1) is 6.92 Å². The van der Waals surface area contributed by atoms with Crippen LogP contribution in [0.15, 0.2) is 24.7 Å². The van der Waals surface area contributed by atoms with Gasteiger partial charge in [-0.2, -0.15) is 5.10 Å². The second-order valence-corrected chi connectivity index (χ2v) is 4.40. The number of esters is 1. The zero-order valence-corrected chi connectivity index (χ0v) is 10.3. The number of rotatable bonds is 3. The van der Waals surface area contributed by atoms with Gasteiger partial charge in [0, 0.05) is 23.3 Å². The summed E-state index contributed by atoms with van der Waals surface area (Å²) in [5.41, 5.74) is 1.08. The number of methoxy groups -OCH3 is 1. The van der Waals surface area contributed by atoms with E-state index in [1.165, 1.54) is 24.5 Å². The summed E-state index contributed by atoms with van der Waals surface area (Å²) in [5.74, 6) is -0.380. The van der Waals surface area contributed by atoms with E-state index in [0.29, 0.717) is 0 Å². The minimum atomic E-state index is -0.380.